The molecule has 4 N–H and O–H groups in total. The summed E-state index contributed by atoms with van der Waals surface area (Å²) in [6.07, 6.45) is 0.806. The van der Waals surface area contributed by atoms with E-state index in [9.17, 15) is 0 Å². The Morgan fingerprint density at radius 1 is 0.583 bits per heavy atom. The van der Waals surface area contributed by atoms with E-state index >= 15 is 0 Å². The topological polar surface area (TPSA) is 52.0 Å². The molecular formula is C22H24N2. The van der Waals surface area contributed by atoms with E-state index in [0.717, 1.165) is 12.0 Å². The largest absolute Gasteiger partial charge is 0.330 e. The van der Waals surface area contributed by atoms with Crippen LogP contribution in [0.25, 0.3) is 0 Å². The van der Waals surface area contributed by atoms with E-state index in [1.165, 1.54) is 16.7 Å². The molecule has 0 heterocycles. The van der Waals surface area contributed by atoms with E-state index in [0.29, 0.717) is 6.54 Å². The molecule has 0 spiro atoms. The van der Waals surface area contributed by atoms with Crippen LogP contribution in [0.15, 0.2) is 84.9 Å². The number of benzene rings is 3. The van der Waals surface area contributed by atoms with Crippen molar-refractivity contribution in [2.45, 2.75) is 18.4 Å². The van der Waals surface area contributed by atoms with Gasteiger partial charge >= 0.3 is 0 Å². The lowest BCUT2D eigenvalue weighted by Gasteiger charge is -2.20. The van der Waals surface area contributed by atoms with Crippen molar-refractivity contribution in [3.63, 3.8) is 0 Å². The highest BCUT2D eigenvalue weighted by Gasteiger charge is 2.16. The van der Waals surface area contributed by atoms with Crippen molar-refractivity contribution in [2.75, 3.05) is 6.54 Å². The van der Waals surface area contributed by atoms with Crippen LogP contribution in [0.1, 0.15) is 40.6 Å². The molecule has 2 heteroatoms. The van der Waals surface area contributed by atoms with Crippen molar-refractivity contribution in [2.24, 2.45) is 11.5 Å². The molecule has 0 aromatic heterocycles. The summed E-state index contributed by atoms with van der Waals surface area (Å²) in [5.41, 5.74) is 16.8. The number of hydrogen-bond acceptors (Lipinski definition) is 2. The molecule has 122 valence electrons. The first-order valence-electron chi connectivity index (χ1n) is 8.45. The highest BCUT2D eigenvalue weighted by Crippen LogP contribution is 2.32. The summed E-state index contributed by atoms with van der Waals surface area (Å²) in [5.74, 6) is 0.229. The molecule has 0 amide bonds. The first-order chi connectivity index (χ1) is 11.8. The van der Waals surface area contributed by atoms with Crippen LogP contribution in [0.3, 0.4) is 0 Å². The summed E-state index contributed by atoms with van der Waals surface area (Å²) >= 11 is 0. The van der Waals surface area contributed by atoms with E-state index in [1.54, 1.807) is 0 Å². The van der Waals surface area contributed by atoms with Gasteiger partial charge in [-0.25, -0.2) is 0 Å². The molecule has 0 aliphatic heterocycles. The van der Waals surface area contributed by atoms with Crippen molar-refractivity contribution in [3.05, 3.63) is 107 Å². The summed E-state index contributed by atoms with van der Waals surface area (Å²) in [6, 6.07) is 29.9. The average Bonchev–Trinajstić information content (AvgIpc) is 2.64. The second-order valence-corrected chi connectivity index (χ2v) is 6.10. The van der Waals surface area contributed by atoms with Gasteiger partial charge in [-0.3, -0.25) is 0 Å². The Balaban J connectivity index is 1.97. The molecular weight excluding hydrogens is 292 g/mol. The second kappa shape index (κ2) is 7.91. The lowest BCUT2D eigenvalue weighted by Crippen LogP contribution is -2.15. The van der Waals surface area contributed by atoms with Crippen molar-refractivity contribution < 1.29 is 0 Å². The van der Waals surface area contributed by atoms with Gasteiger partial charge in [-0.2, -0.15) is 0 Å². The van der Waals surface area contributed by atoms with Crippen LogP contribution in [-0.2, 0) is 0 Å². The standard InChI is InChI=1S/C22H24N2/c23-16-15-21(24)17-11-13-20(14-12-17)22(18-7-3-1-4-8-18)19-9-5-2-6-10-19/h1-14,21-22H,15-16,23-24H2. The van der Waals surface area contributed by atoms with Crippen LogP contribution in [0.2, 0.25) is 0 Å². The van der Waals surface area contributed by atoms with E-state index in [1.807, 2.05) is 0 Å². The van der Waals surface area contributed by atoms with E-state index < -0.39 is 0 Å². The maximum absolute atomic E-state index is 6.17. The maximum atomic E-state index is 6.17. The minimum Gasteiger partial charge on any atom is -0.330 e. The van der Waals surface area contributed by atoms with Crippen molar-refractivity contribution in [1.29, 1.82) is 0 Å². The Morgan fingerprint density at radius 3 is 1.46 bits per heavy atom. The lowest BCUT2D eigenvalue weighted by molar-refractivity contribution is 0.661. The van der Waals surface area contributed by atoms with Gasteiger partial charge in [-0.15, -0.1) is 0 Å². The summed E-state index contributed by atoms with van der Waals surface area (Å²) < 4.78 is 0. The molecule has 0 saturated carbocycles. The Kier molecular flexibility index (Phi) is 5.42. The molecule has 2 nitrogen and oxygen atoms in total. The average molecular weight is 316 g/mol. The zero-order chi connectivity index (χ0) is 16.8. The lowest BCUT2D eigenvalue weighted by atomic mass is 9.84. The van der Waals surface area contributed by atoms with Crippen molar-refractivity contribution in [3.8, 4) is 0 Å². The zero-order valence-electron chi connectivity index (χ0n) is 13.8. The normalized spacial score (nSPS) is 12.3. The van der Waals surface area contributed by atoms with Crippen LogP contribution in [-0.4, -0.2) is 6.54 Å². The summed E-state index contributed by atoms with van der Waals surface area (Å²) in [5, 5.41) is 0. The second-order valence-electron chi connectivity index (χ2n) is 6.10. The SMILES string of the molecule is NCCC(N)c1ccc(C(c2ccccc2)c2ccccc2)cc1. The van der Waals surface area contributed by atoms with Crippen LogP contribution in [0.4, 0.5) is 0 Å². The monoisotopic (exact) mass is 316 g/mol. The fourth-order valence-corrected chi connectivity index (χ4v) is 3.15. The summed E-state index contributed by atoms with van der Waals surface area (Å²) in [6.45, 7) is 0.611. The van der Waals surface area contributed by atoms with Crippen LogP contribution in [0, 0.1) is 0 Å². The van der Waals surface area contributed by atoms with Gasteiger partial charge in [0.1, 0.15) is 0 Å². The fraction of sp³-hybridized carbons (Fsp3) is 0.182. The molecule has 0 radical (unpaired) electrons. The van der Waals surface area contributed by atoms with Gasteiger partial charge in [-0.1, -0.05) is 84.9 Å². The Morgan fingerprint density at radius 2 is 1.00 bits per heavy atom. The molecule has 3 rings (SSSR count). The highest BCUT2D eigenvalue weighted by molar-refractivity contribution is 5.43. The molecule has 1 unspecified atom stereocenters. The molecule has 0 bridgehead atoms. The number of rotatable bonds is 6. The minimum absolute atomic E-state index is 0.0101. The van der Waals surface area contributed by atoms with E-state index in [4.69, 9.17) is 11.5 Å². The van der Waals surface area contributed by atoms with E-state index in [-0.39, 0.29) is 12.0 Å². The maximum Gasteiger partial charge on any atom is 0.0339 e. The van der Waals surface area contributed by atoms with Crippen molar-refractivity contribution >= 4 is 0 Å². The molecule has 3 aromatic rings. The van der Waals surface area contributed by atoms with Gasteiger partial charge in [0, 0.05) is 12.0 Å². The molecule has 1 atom stereocenters. The third-order valence-electron chi connectivity index (χ3n) is 4.44. The van der Waals surface area contributed by atoms with E-state index in [2.05, 4.69) is 84.9 Å². The number of hydrogen-bond donors (Lipinski definition) is 2. The Bertz CT molecular complexity index is 696. The molecule has 0 saturated heterocycles. The Hall–Kier alpha value is -2.42. The predicted octanol–water partition coefficient (Wildman–Crippen LogP) is 4.22. The zero-order valence-corrected chi connectivity index (χ0v) is 13.8. The first-order valence-corrected chi connectivity index (χ1v) is 8.45. The van der Waals surface area contributed by atoms with Crippen LogP contribution >= 0.6 is 0 Å². The highest BCUT2D eigenvalue weighted by atomic mass is 14.7. The predicted molar refractivity (Wildman–Crippen MR) is 101 cm³/mol. The molecule has 0 aliphatic carbocycles. The molecule has 0 fully saturated rings. The van der Waals surface area contributed by atoms with Gasteiger partial charge in [-0.05, 0) is 35.2 Å². The summed E-state index contributed by atoms with van der Waals surface area (Å²) in [7, 11) is 0. The molecule has 0 aliphatic rings. The van der Waals surface area contributed by atoms with Crippen LogP contribution < -0.4 is 11.5 Å². The van der Waals surface area contributed by atoms with Crippen LogP contribution in [0.5, 0.6) is 0 Å². The number of nitrogens with two attached hydrogens (primary N) is 2. The van der Waals surface area contributed by atoms with Gasteiger partial charge < -0.3 is 11.5 Å². The summed E-state index contributed by atoms with van der Waals surface area (Å²) in [4.78, 5) is 0. The first kappa shape index (κ1) is 16.4. The van der Waals surface area contributed by atoms with Gasteiger partial charge in [0.05, 0.1) is 0 Å². The molecule has 3 aromatic carbocycles. The third-order valence-corrected chi connectivity index (χ3v) is 4.44. The van der Waals surface area contributed by atoms with Gasteiger partial charge in [0.25, 0.3) is 0 Å². The quantitative estimate of drug-likeness (QED) is 0.669. The fourth-order valence-electron chi connectivity index (χ4n) is 3.15. The third kappa shape index (κ3) is 3.73. The minimum atomic E-state index is 0.0101. The van der Waals surface area contributed by atoms with Crippen molar-refractivity contribution in [1.82, 2.24) is 0 Å². The van der Waals surface area contributed by atoms with Gasteiger partial charge in [0.15, 0.2) is 0 Å². The smallest absolute Gasteiger partial charge is 0.0339 e. The Labute approximate surface area is 144 Å². The van der Waals surface area contributed by atoms with Gasteiger partial charge in [0.2, 0.25) is 0 Å². The molecule has 24 heavy (non-hydrogen) atoms.